The van der Waals surface area contributed by atoms with Crippen LogP contribution in [0.25, 0.3) is 0 Å². The number of ether oxygens (including phenoxy) is 2. The molecule has 0 saturated heterocycles. The normalized spacial score (nSPS) is 11.2. The minimum atomic E-state index is -4.26. The van der Waals surface area contributed by atoms with Crippen LogP contribution in [-0.2, 0) is 20.6 Å². The minimum Gasteiger partial charge on any atom is -0.493 e. The number of thioether (sulfide) groups is 1. The first-order valence-electron chi connectivity index (χ1n) is 11.3. The van der Waals surface area contributed by atoms with Crippen LogP contribution in [0.3, 0.4) is 0 Å². The van der Waals surface area contributed by atoms with E-state index < -0.39 is 28.3 Å². The second-order valence-corrected chi connectivity index (χ2v) is 11.3. The lowest BCUT2D eigenvalue weighted by molar-refractivity contribution is -0.119. The van der Waals surface area contributed by atoms with Gasteiger partial charge < -0.3 is 14.8 Å². The van der Waals surface area contributed by atoms with Crippen molar-refractivity contribution in [1.29, 1.82) is 0 Å². The van der Waals surface area contributed by atoms with E-state index >= 15 is 0 Å². The molecule has 3 rings (SSSR count). The molecule has 0 aromatic heterocycles. The van der Waals surface area contributed by atoms with Crippen LogP contribution in [0.5, 0.6) is 11.5 Å². The highest BCUT2D eigenvalue weighted by molar-refractivity contribution is 7.98. The number of hydrogen-bond donors (Lipinski definition) is 1. The van der Waals surface area contributed by atoms with Crippen molar-refractivity contribution in [2.24, 2.45) is 0 Å². The molecule has 11 heteroatoms. The maximum atomic E-state index is 13.8. The van der Waals surface area contributed by atoms with Crippen LogP contribution in [0.15, 0.2) is 65.6 Å². The molecule has 0 heterocycles. The topological polar surface area (TPSA) is 84.9 Å². The van der Waals surface area contributed by atoms with Crippen LogP contribution in [0, 0.1) is 12.7 Å². The first kappa shape index (κ1) is 28.6. The van der Waals surface area contributed by atoms with E-state index in [0.717, 1.165) is 16.1 Å². The smallest absolute Gasteiger partial charge is 0.264 e. The van der Waals surface area contributed by atoms with Crippen molar-refractivity contribution in [2.75, 3.05) is 37.4 Å². The van der Waals surface area contributed by atoms with E-state index in [0.29, 0.717) is 18.0 Å². The minimum absolute atomic E-state index is 0.0465. The Balaban J connectivity index is 1.75. The summed E-state index contributed by atoms with van der Waals surface area (Å²) in [6, 6.07) is 15.6. The molecule has 1 N–H and O–H groups in total. The predicted molar refractivity (Wildman–Crippen MR) is 146 cm³/mol. The number of nitrogens with zero attached hydrogens (tertiary/aromatic N) is 1. The molecule has 0 unspecified atom stereocenters. The second-order valence-electron chi connectivity index (χ2n) is 7.96. The highest BCUT2D eigenvalue weighted by atomic mass is 35.5. The van der Waals surface area contributed by atoms with Crippen LogP contribution in [0.4, 0.5) is 10.1 Å². The van der Waals surface area contributed by atoms with Gasteiger partial charge in [-0.25, -0.2) is 12.8 Å². The standard InChI is InChI=1S/C26H28ClFN2O5S2/c1-18-6-4-5-7-19(18)17-36-13-12-29-26(31)16-30(20-8-10-23(28)22(27)14-20)37(32,33)21-9-11-24(34-2)25(15-21)35-3/h4-11,14-15H,12-13,16-17H2,1-3H3,(H,29,31). The number of anilines is 1. The fourth-order valence-electron chi connectivity index (χ4n) is 3.46. The summed E-state index contributed by atoms with van der Waals surface area (Å²) in [7, 11) is -1.44. The molecule has 0 aliphatic rings. The Labute approximate surface area is 226 Å². The number of sulfonamides is 1. The van der Waals surface area contributed by atoms with Gasteiger partial charge in [0.2, 0.25) is 5.91 Å². The van der Waals surface area contributed by atoms with Crippen molar-refractivity contribution >= 4 is 45.0 Å². The van der Waals surface area contributed by atoms with E-state index in [1.165, 1.54) is 55.7 Å². The molecule has 0 bridgehead atoms. The van der Waals surface area contributed by atoms with E-state index in [1.807, 2.05) is 25.1 Å². The Morgan fingerprint density at radius 2 is 1.78 bits per heavy atom. The third-order valence-electron chi connectivity index (χ3n) is 5.51. The molecular formula is C26H28ClFN2O5S2. The van der Waals surface area contributed by atoms with Crippen LogP contribution in [-0.4, -0.2) is 47.4 Å². The predicted octanol–water partition coefficient (Wildman–Crippen LogP) is 5.05. The molecule has 1 amide bonds. The van der Waals surface area contributed by atoms with Crippen molar-refractivity contribution in [3.63, 3.8) is 0 Å². The number of methoxy groups -OCH3 is 2. The molecule has 0 saturated carbocycles. The average molecular weight is 567 g/mol. The van der Waals surface area contributed by atoms with Crippen molar-refractivity contribution < 1.29 is 27.1 Å². The van der Waals surface area contributed by atoms with Crippen LogP contribution in [0.1, 0.15) is 11.1 Å². The van der Waals surface area contributed by atoms with E-state index in [9.17, 15) is 17.6 Å². The van der Waals surface area contributed by atoms with Crippen LogP contribution >= 0.6 is 23.4 Å². The number of amides is 1. The van der Waals surface area contributed by atoms with Crippen molar-refractivity contribution in [2.45, 2.75) is 17.6 Å². The number of carbonyl (C=O) groups excluding carboxylic acids is 1. The van der Waals surface area contributed by atoms with Gasteiger partial charge in [-0.1, -0.05) is 35.9 Å². The van der Waals surface area contributed by atoms with Gasteiger partial charge in [0, 0.05) is 24.1 Å². The average Bonchev–Trinajstić information content (AvgIpc) is 2.89. The number of benzene rings is 3. The summed E-state index contributed by atoms with van der Waals surface area (Å²) < 4.78 is 52.3. The number of aryl methyl sites for hydroxylation is 1. The maximum Gasteiger partial charge on any atom is 0.264 e. The fraction of sp³-hybridized carbons (Fsp3) is 0.269. The molecule has 0 aliphatic carbocycles. The molecule has 37 heavy (non-hydrogen) atoms. The van der Waals surface area contributed by atoms with Gasteiger partial charge >= 0.3 is 0 Å². The van der Waals surface area contributed by atoms with Crippen LogP contribution in [0.2, 0.25) is 5.02 Å². The second kappa shape index (κ2) is 13.0. The zero-order valence-electron chi connectivity index (χ0n) is 20.7. The van der Waals surface area contributed by atoms with Crippen molar-refractivity contribution in [1.82, 2.24) is 5.32 Å². The van der Waals surface area contributed by atoms with Gasteiger partial charge in [0.05, 0.1) is 29.8 Å². The lowest BCUT2D eigenvalue weighted by Crippen LogP contribution is -2.41. The summed E-state index contributed by atoms with van der Waals surface area (Å²) in [6.45, 7) is 1.87. The maximum absolute atomic E-state index is 13.8. The van der Waals surface area contributed by atoms with Crippen molar-refractivity contribution in [3.05, 3.63) is 82.6 Å². The zero-order valence-corrected chi connectivity index (χ0v) is 23.1. The number of carbonyl (C=O) groups is 1. The molecule has 3 aromatic rings. The van der Waals surface area contributed by atoms with Crippen LogP contribution < -0.4 is 19.1 Å². The van der Waals surface area contributed by atoms with E-state index in [2.05, 4.69) is 11.4 Å². The molecular weight excluding hydrogens is 539 g/mol. The summed E-state index contributed by atoms with van der Waals surface area (Å²) >= 11 is 7.58. The Morgan fingerprint density at radius 3 is 2.46 bits per heavy atom. The monoisotopic (exact) mass is 566 g/mol. The van der Waals surface area contributed by atoms with Gasteiger partial charge in [0.15, 0.2) is 11.5 Å². The van der Waals surface area contributed by atoms with Gasteiger partial charge in [0.25, 0.3) is 10.0 Å². The summed E-state index contributed by atoms with van der Waals surface area (Å²) in [5, 5.41) is 2.49. The first-order valence-corrected chi connectivity index (χ1v) is 14.2. The quantitative estimate of drug-likeness (QED) is 0.309. The van der Waals surface area contributed by atoms with Crippen molar-refractivity contribution in [3.8, 4) is 11.5 Å². The molecule has 0 aliphatic heterocycles. The number of nitrogens with one attached hydrogen (secondary N) is 1. The van der Waals surface area contributed by atoms with Gasteiger partial charge in [-0.05, 0) is 48.4 Å². The first-order chi connectivity index (χ1) is 17.7. The Hall–Kier alpha value is -2.95. The number of rotatable bonds is 12. The molecule has 0 spiro atoms. The lowest BCUT2D eigenvalue weighted by atomic mass is 10.1. The molecule has 0 atom stereocenters. The SMILES string of the molecule is COc1ccc(S(=O)(=O)N(CC(=O)NCCSCc2ccccc2C)c2ccc(F)c(Cl)c2)cc1OC. The van der Waals surface area contributed by atoms with Gasteiger partial charge in [-0.15, -0.1) is 0 Å². The highest BCUT2D eigenvalue weighted by Crippen LogP contribution is 2.33. The van der Waals surface area contributed by atoms with Gasteiger partial charge in [-0.2, -0.15) is 11.8 Å². The molecule has 198 valence electrons. The summed E-state index contributed by atoms with van der Waals surface area (Å²) in [6.07, 6.45) is 0. The number of hydrogen-bond acceptors (Lipinski definition) is 6. The Morgan fingerprint density at radius 1 is 1.05 bits per heavy atom. The van der Waals surface area contributed by atoms with E-state index in [1.54, 1.807) is 11.8 Å². The largest absolute Gasteiger partial charge is 0.493 e. The van der Waals surface area contributed by atoms with Gasteiger partial charge in [-0.3, -0.25) is 9.10 Å². The Bertz CT molecular complexity index is 1350. The third-order valence-corrected chi connectivity index (χ3v) is 8.58. The lowest BCUT2D eigenvalue weighted by Gasteiger charge is -2.24. The molecule has 0 radical (unpaired) electrons. The summed E-state index contributed by atoms with van der Waals surface area (Å²) in [5.74, 6) is 0.779. The van der Waals surface area contributed by atoms with E-state index in [-0.39, 0.29) is 21.4 Å². The summed E-state index contributed by atoms with van der Waals surface area (Å²) in [4.78, 5) is 12.7. The molecule has 3 aromatic carbocycles. The molecule has 0 fully saturated rings. The highest BCUT2D eigenvalue weighted by Gasteiger charge is 2.29. The van der Waals surface area contributed by atoms with E-state index in [4.69, 9.17) is 21.1 Å². The van der Waals surface area contributed by atoms with Gasteiger partial charge in [0.1, 0.15) is 12.4 Å². The molecule has 7 nitrogen and oxygen atoms in total. The Kier molecular flexibility index (Phi) is 10.1. The zero-order chi connectivity index (χ0) is 27.0. The number of halogens is 2. The third kappa shape index (κ3) is 7.30. The summed E-state index contributed by atoms with van der Waals surface area (Å²) in [5.41, 5.74) is 2.47. The fourth-order valence-corrected chi connectivity index (χ4v) is 6.00.